The summed E-state index contributed by atoms with van der Waals surface area (Å²) in [6.07, 6.45) is 4.49. The van der Waals surface area contributed by atoms with E-state index in [-0.39, 0.29) is 5.91 Å². The second-order valence-corrected chi connectivity index (χ2v) is 5.34. The molecule has 1 N–H and O–H groups in total. The SMILES string of the molecule is O=C(NC1CCCC1)c1cc(Cl)c2c(c1)OCCO2. The van der Waals surface area contributed by atoms with Gasteiger partial charge in [0.25, 0.3) is 5.91 Å². The fourth-order valence-electron chi connectivity index (χ4n) is 2.58. The van der Waals surface area contributed by atoms with Crippen molar-refractivity contribution in [2.45, 2.75) is 31.7 Å². The zero-order valence-corrected chi connectivity index (χ0v) is 11.3. The van der Waals surface area contributed by atoms with Gasteiger partial charge in [0.05, 0.1) is 5.02 Å². The van der Waals surface area contributed by atoms with Crippen LogP contribution in [0, 0.1) is 0 Å². The number of ether oxygens (including phenoxy) is 2. The standard InChI is InChI=1S/C14H16ClNO3/c15-11-7-9(8-12-13(11)19-6-5-18-12)14(17)16-10-3-1-2-4-10/h7-8,10H,1-6H2,(H,16,17). The van der Waals surface area contributed by atoms with Crippen LogP contribution in [0.2, 0.25) is 5.02 Å². The molecule has 1 aromatic rings. The fraction of sp³-hybridized carbons (Fsp3) is 0.500. The van der Waals surface area contributed by atoms with Gasteiger partial charge in [0.1, 0.15) is 13.2 Å². The molecular weight excluding hydrogens is 266 g/mol. The topological polar surface area (TPSA) is 47.6 Å². The van der Waals surface area contributed by atoms with Gasteiger partial charge in [0.15, 0.2) is 11.5 Å². The molecule has 1 amide bonds. The third kappa shape index (κ3) is 2.63. The summed E-state index contributed by atoms with van der Waals surface area (Å²) >= 11 is 6.12. The van der Waals surface area contributed by atoms with Gasteiger partial charge in [0, 0.05) is 11.6 Å². The molecule has 1 heterocycles. The Hall–Kier alpha value is -1.42. The van der Waals surface area contributed by atoms with Gasteiger partial charge in [-0.3, -0.25) is 4.79 Å². The lowest BCUT2D eigenvalue weighted by atomic mass is 10.1. The first kappa shape index (κ1) is 12.6. The molecule has 1 fully saturated rings. The third-order valence-electron chi connectivity index (χ3n) is 3.55. The maximum Gasteiger partial charge on any atom is 0.251 e. The van der Waals surface area contributed by atoms with Gasteiger partial charge in [-0.05, 0) is 25.0 Å². The molecule has 0 bridgehead atoms. The van der Waals surface area contributed by atoms with Crippen LogP contribution in [0.1, 0.15) is 36.0 Å². The molecule has 5 heteroatoms. The monoisotopic (exact) mass is 281 g/mol. The summed E-state index contributed by atoms with van der Waals surface area (Å²) in [5.74, 6) is 0.992. The van der Waals surface area contributed by atoms with Gasteiger partial charge < -0.3 is 14.8 Å². The maximum atomic E-state index is 12.2. The van der Waals surface area contributed by atoms with Crippen LogP contribution in [0.15, 0.2) is 12.1 Å². The van der Waals surface area contributed by atoms with Gasteiger partial charge in [0.2, 0.25) is 0 Å². The molecule has 0 spiro atoms. The number of halogens is 1. The first-order chi connectivity index (χ1) is 9.24. The lowest BCUT2D eigenvalue weighted by Crippen LogP contribution is -2.32. The van der Waals surface area contributed by atoms with Crippen molar-refractivity contribution in [1.82, 2.24) is 5.32 Å². The number of rotatable bonds is 2. The summed E-state index contributed by atoms with van der Waals surface area (Å²) in [5, 5.41) is 3.46. The molecule has 0 aromatic heterocycles. The van der Waals surface area contributed by atoms with Gasteiger partial charge >= 0.3 is 0 Å². The van der Waals surface area contributed by atoms with E-state index < -0.39 is 0 Å². The number of fused-ring (bicyclic) bond motifs is 1. The van der Waals surface area contributed by atoms with Crippen LogP contribution in [-0.4, -0.2) is 25.2 Å². The molecule has 4 nitrogen and oxygen atoms in total. The number of benzene rings is 1. The Morgan fingerprint density at radius 1 is 1.21 bits per heavy atom. The minimum Gasteiger partial charge on any atom is -0.486 e. The molecule has 19 heavy (non-hydrogen) atoms. The molecule has 102 valence electrons. The van der Waals surface area contributed by atoms with Gasteiger partial charge in [-0.25, -0.2) is 0 Å². The predicted molar refractivity (Wildman–Crippen MR) is 72.2 cm³/mol. The van der Waals surface area contributed by atoms with Gasteiger partial charge in [-0.15, -0.1) is 0 Å². The Bertz CT molecular complexity index is 498. The molecule has 0 saturated heterocycles. The zero-order chi connectivity index (χ0) is 13.2. The van der Waals surface area contributed by atoms with Crippen LogP contribution >= 0.6 is 11.6 Å². The van der Waals surface area contributed by atoms with Crippen molar-refractivity contribution in [3.8, 4) is 11.5 Å². The van der Waals surface area contributed by atoms with Crippen LogP contribution in [-0.2, 0) is 0 Å². The minimum absolute atomic E-state index is 0.0919. The smallest absolute Gasteiger partial charge is 0.251 e. The zero-order valence-electron chi connectivity index (χ0n) is 10.6. The summed E-state index contributed by atoms with van der Waals surface area (Å²) in [5.41, 5.74) is 0.529. The van der Waals surface area contributed by atoms with Gasteiger partial charge in [-0.1, -0.05) is 24.4 Å². The van der Waals surface area contributed by atoms with Crippen LogP contribution < -0.4 is 14.8 Å². The normalized spacial score (nSPS) is 18.4. The Morgan fingerprint density at radius 3 is 2.74 bits per heavy atom. The number of carbonyl (C=O) groups excluding carboxylic acids is 1. The lowest BCUT2D eigenvalue weighted by Gasteiger charge is -2.20. The highest BCUT2D eigenvalue weighted by Gasteiger charge is 2.22. The minimum atomic E-state index is -0.0919. The molecule has 0 atom stereocenters. The second kappa shape index (κ2) is 5.29. The maximum absolute atomic E-state index is 12.2. The highest BCUT2D eigenvalue weighted by molar-refractivity contribution is 6.32. The average molecular weight is 282 g/mol. The van der Waals surface area contributed by atoms with E-state index in [1.165, 1.54) is 12.8 Å². The average Bonchev–Trinajstić information content (AvgIpc) is 2.91. The first-order valence-electron chi connectivity index (χ1n) is 6.64. The third-order valence-corrected chi connectivity index (χ3v) is 3.83. The van der Waals surface area contributed by atoms with Crippen LogP contribution in [0.5, 0.6) is 11.5 Å². The van der Waals surface area contributed by atoms with E-state index in [0.29, 0.717) is 41.3 Å². The van der Waals surface area contributed by atoms with E-state index in [0.717, 1.165) is 12.8 Å². The molecule has 3 rings (SSSR count). The highest BCUT2D eigenvalue weighted by Crippen LogP contribution is 2.38. The van der Waals surface area contributed by atoms with E-state index in [9.17, 15) is 4.79 Å². The number of carbonyl (C=O) groups is 1. The summed E-state index contributed by atoms with van der Waals surface area (Å²) in [7, 11) is 0. The Labute approximate surface area is 117 Å². The van der Waals surface area contributed by atoms with Crippen molar-refractivity contribution >= 4 is 17.5 Å². The van der Waals surface area contributed by atoms with Crippen molar-refractivity contribution < 1.29 is 14.3 Å². The molecule has 1 saturated carbocycles. The van der Waals surface area contributed by atoms with E-state index in [1.807, 2.05) is 0 Å². The van der Waals surface area contributed by atoms with Crippen molar-refractivity contribution in [1.29, 1.82) is 0 Å². The summed E-state index contributed by atoms with van der Waals surface area (Å²) < 4.78 is 10.9. The number of hydrogen-bond donors (Lipinski definition) is 1. The van der Waals surface area contributed by atoms with Crippen molar-refractivity contribution in [3.63, 3.8) is 0 Å². The number of hydrogen-bond acceptors (Lipinski definition) is 3. The highest BCUT2D eigenvalue weighted by atomic mass is 35.5. The molecule has 1 aliphatic heterocycles. The molecule has 0 unspecified atom stereocenters. The van der Waals surface area contributed by atoms with Crippen molar-refractivity contribution in [2.75, 3.05) is 13.2 Å². The predicted octanol–water partition coefficient (Wildman–Crippen LogP) is 2.78. The van der Waals surface area contributed by atoms with Crippen LogP contribution in [0.4, 0.5) is 0 Å². The first-order valence-corrected chi connectivity index (χ1v) is 7.02. The number of amides is 1. The van der Waals surface area contributed by atoms with Gasteiger partial charge in [-0.2, -0.15) is 0 Å². The molecule has 2 aliphatic rings. The summed E-state index contributed by atoms with van der Waals surface area (Å²) in [6.45, 7) is 0.970. The summed E-state index contributed by atoms with van der Waals surface area (Å²) in [4.78, 5) is 12.2. The van der Waals surface area contributed by atoms with Crippen molar-refractivity contribution in [3.05, 3.63) is 22.7 Å². The van der Waals surface area contributed by atoms with Crippen LogP contribution in [0.3, 0.4) is 0 Å². The molecular formula is C14H16ClNO3. The van der Waals surface area contributed by atoms with Crippen molar-refractivity contribution in [2.24, 2.45) is 0 Å². The van der Waals surface area contributed by atoms with E-state index in [1.54, 1.807) is 12.1 Å². The summed E-state index contributed by atoms with van der Waals surface area (Å²) in [6, 6.07) is 3.63. The van der Waals surface area contributed by atoms with E-state index in [2.05, 4.69) is 5.32 Å². The largest absolute Gasteiger partial charge is 0.486 e. The molecule has 1 aliphatic carbocycles. The quantitative estimate of drug-likeness (QED) is 0.907. The second-order valence-electron chi connectivity index (χ2n) is 4.94. The van der Waals surface area contributed by atoms with E-state index >= 15 is 0 Å². The van der Waals surface area contributed by atoms with E-state index in [4.69, 9.17) is 21.1 Å². The molecule has 0 radical (unpaired) electrons. The lowest BCUT2D eigenvalue weighted by molar-refractivity contribution is 0.0936. The Morgan fingerprint density at radius 2 is 1.95 bits per heavy atom. The van der Waals surface area contributed by atoms with Crippen LogP contribution in [0.25, 0.3) is 0 Å². The Balaban J connectivity index is 1.80. The number of nitrogens with one attached hydrogen (secondary N) is 1. The Kier molecular flexibility index (Phi) is 3.51. The molecule has 1 aromatic carbocycles. The fourth-order valence-corrected chi connectivity index (χ4v) is 2.85.